The molecule has 1 aromatic heterocycles. The van der Waals surface area contributed by atoms with Crippen molar-refractivity contribution in [3.8, 4) is 0 Å². The number of piperidine rings is 1. The van der Waals surface area contributed by atoms with E-state index in [1.54, 1.807) is 10.9 Å². The second-order valence-corrected chi connectivity index (χ2v) is 8.19. The topological polar surface area (TPSA) is 62.5 Å². The Labute approximate surface area is 177 Å². The molecule has 4 rings (SSSR count). The normalized spacial score (nSPS) is 20.4. The maximum atomic E-state index is 12.7. The van der Waals surface area contributed by atoms with E-state index in [4.69, 9.17) is 4.99 Å². The van der Waals surface area contributed by atoms with E-state index < -0.39 is 0 Å². The number of nitrogens with one attached hydrogen (secondary N) is 1. The lowest BCUT2D eigenvalue weighted by atomic mass is 9.94. The first-order valence-electron chi connectivity index (χ1n) is 10.5. The lowest BCUT2D eigenvalue weighted by Gasteiger charge is -2.37. The van der Waals surface area contributed by atoms with E-state index in [0.29, 0.717) is 0 Å². The molecule has 0 spiro atoms. The molecule has 156 valence electrons. The largest absolute Gasteiger partial charge is 0.352 e. The summed E-state index contributed by atoms with van der Waals surface area (Å²) in [6.07, 6.45) is 3.61. The summed E-state index contributed by atoms with van der Waals surface area (Å²) in [5.74, 6) is 0.00523. The van der Waals surface area contributed by atoms with Crippen molar-refractivity contribution in [2.75, 3.05) is 13.6 Å². The van der Waals surface area contributed by atoms with Gasteiger partial charge in [0.15, 0.2) is 0 Å². The highest BCUT2D eigenvalue weighted by Gasteiger charge is 2.29. The van der Waals surface area contributed by atoms with Crippen LogP contribution in [-0.4, -0.2) is 52.0 Å². The molecule has 6 heteroatoms. The maximum absolute atomic E-state index is 12.7. The first-order valence-corrected chi connectivity index (χ1v) is 10.5. The van der Waals surface area contributed by atoms with E-state index in [1.807, 2.05) is 36.4 Å². The monoisotopic (exact) mass is 403 g/mol. The van der Waals surface area contributed by atoms with Gasteiger partial charge in [-0.2, -0.15) is 5.10 Å². The van der Waals surface area contributed by atoms with Crippen LogP contribution in [0.2, 0.25) is 0 Å². The number of para-hydroxylation sites is 2. The van der Waals surface area contributed by atoms with Crippen molar-refractivity contribution < 1.29 is 4.79 Å². The van der Waals surface area contributed by atoms with E-state index in [1.165, 1.54) is 5.56 Å². The maximum Gasteiger partial charge on any atom is 0.241 e. The van der Waals surface area contributed by atoms with Crippen LogP contribution in [0.1, 0.15) is 25.3 Å². The minimum absolute atomic E-state index is 0.00523. The Morgan fingerprint density at radius 1 is 1.20 bits per heavy atom. The number of rotatable bonds is 5. The third-order valence-electron chi connectivity index (χ3n) is 5.97. The number of carbonyl (C=O) groups excluding carboxylic acids is 1. The summed E-state index contributed by atoms with van der Waals surface area (Å²) in [4.78, 5) is 19.9. The van der Waals surface area contributed by atoms with Gasteiger partial charge in [0.25, 0.3) is 0 Å². The predicted octanol–water partition coefficient (Wildman–Crippen LogP) is 3.72. The van der Waals surface area contributed by atoms with Crippen LogP contribution in [0.4, 0.5) is 5.69 Å². The number of hydrogen-bond donors (Lipinski definition) is 1. The Bertz CT molecular complexity index is 1070. The first-order chi connectivity index (χ1) is 14.5. The zero-order chi connectivity index (χ0) is 21.1. The Hall–Kier alpha value is -2.99. The number of likely N-dealkylation sites (tertiary alicyclic amines) is 1. The Kier molecular flexibility index (Phi) is 5.95. The number of aromatic nitrogens is 2. The third-order valence-corrected chi connectivity index (χ3v) is 5.97. The van der Waals surface area contributed by atoms with Gasteiger partial charge in [-0.3, -0.25) is 19.4 Å². The second kappa shape index (κ2) is 8.79. The second-order valence-electron chi connectivity index (χ2n) is 8.19. The number of aryl methyl sites for hydroxylation is 1. The highest BCUT2D eigenvalue weighted by molar-refractivity contribution is 5.90. The van der Waals surface area contributed by atoms with Crippen molar-refractivity contribution >= 4 is 28.2 Å². The molecule has 1 aliphatic heterocycles. The molecule has 1 aliphatic rings. The fourth-order valence-electron chi connectivity index (χ4n) is 4.22. The molecular formula is C24H29N5O. The van der Waals surface area contributed by atoms with Gasteiger partial charge in [-0.05, 0) is 51.4 Å². The van der Waals surface area contributed by atoms with Crippen molar-refractivity contribution in [1.82, 2.24) is 20.0 Å². The molecule has 2 aromatic carbocycles. The smallest absolute Gasteiger partial charge is 0.241 e. The van der Waals surface area contributed by atoms with Crippen LogP contribution < -0.4 is 5.32 Å². The Morgan fingerprint density at radius 3 is 2.80 bits per heavy atom. The first kappa shape index (κ1) is 20.3. The molecule has 30 heavy (non-hydrogen) atoms. The number of benzene rings is 2. The molecule has 2 atom stereocenters. The number of carbonyl (C=O) groups is 1. The number of aliphatic imine (C=N–C) groups is 1. The number of fused-ring (bicyclic) bond motifs is 1. The van der Waals surface area contributed by atoms with E-state index >= 15 is 0 Å². The summed E-state index contributed by atoms with van der Waals surface area (Å²) in [5.41, 5.74) is 4.26. The van der Waals surface area contributed by atoms with Crippen LogP contribution >= 0.6 is 0 Å². The van der Waals surface area contributed by atoms with Crippen LogP contribution in [0.25, 0.3) is 10.9 Å². The average molecular weight is 404 g/mol. The third kappa shape index (κ3) is 4.44. The van der Waals surface area contributed by atoms with E-state index in [-0.39, 0.29) is 24.5 Å². The fourth-order valence-corrected chi connectivity index (χ4v) is 4.22. The van der Waals surface area contributed by atoms with E-state index in [9.17, 15) is 4.79 Å². The van der Waals surface area contributed by atoms with Crippen molar-refractivity contribution in [2.24, 2.45) is 4.99 Å². The molecule has 1 amide bonds. The summed E-state index contributed by atoms with van der Waals surface area (Å²) >= 11 is 0. The van der Waals surface area contributed by atoms with Gasteiger partial charge in [-0.1, -0.05) is 36.4 Å². The highest BCUT2D eigenvalue weighted by Crippen LogP contribution is 2.22. The molecule has 0 radical (unpaired) electrons. The molecule has 3 aromatic rings. The minimum atomic E-state index is 0.00523. The average Bonchev–Trinajstić information content (AvgIpc) is 3.14. The summed E-state index contributed by atoms with van der Waals surface area (Å²) in [6.45, 7) is 5.34. The van der Waals surface area contributed by atoms with Crippen LogP contribution in [-0.2, 0) is 11.3 Å². The van der Waals surface area contributed by atoms with Crippen LogP contribution in [0, 0.1) is 6.92 Å². The Balaban J connectivity index is 1.41. The highest BCUT2D eigenvalue weighted by atomic mass is 16.2. The van der Waals surface area contributed by atoms with Crippen molar-refractivity contribution in [2.45, 2.75) is 45.3 Å². The predicted molar refractivity (Wildman–Crippen MR) is 121 cm³/mol. The van der Waals surface area contributed by atoms with Crippen molar-refractivity contribution in [1.29, 1.82) is 0 Å². The van der Waals surface area contributed by atoms with Gasteiger partial charge < -0.3 is 5.32 Å². The van der Waals surface area contributed by atoms with Crippen LogP contribution in [0.3, 0.4) is 0 Å². The quantitative estimate of drug-likeness (QED) is 0.661. The number of hydrogen-bond acceptors (Lipinski definition) is 4. The van der Waals surface area contributed by atoms with Gasteiger partial charge in [0.1, 0.15) is 6.54 Å². The summed E-state index contributed by atoms with van der Waals surface area (Å²) < 4.78 is 1.77. The SMILES string of the molecule is CC(=Nc1ccccc1C)C1C[C@H](NC(=O)Cn2ncc3ccccc32)CCN1C. The molecule has 2 heterocycles. The van der Waals surface area contributed by atoms with Crippen LogP contribution in [0.5, 0.6) is 0 Å². The molecule has 6 nitrogen and oxygen atoms in total. The van der Waals surface area contributed by atoms with Crippen molar-refractivity contribution in [3.63, 3.8) is 0 Å². The fraction of sp³-hybridized carbons (Fsp3) is 0.375. The summed E-state index contributed by atoms with van der Waals surface area (Å²) in [5, 5.41) is 8.64. The molecule has 1 unspecified atom stereocenters. The zero-order valence-corrected chi connectivity index (χ0v) is 17.9. The van der Waals surface area contributed by atoms with Gasteiger partial charge in [-0.25, -0.2) is 0 Å². The molecule has 1 fully saturated rings. The lowest BCUT2D eigenvalue weighted by molar-refractivity contribution is -0.122. The van der Waals surface area contributed by atoms with E-state index in [0.717, 1.165) is 41.7 Å². The molecule has 0 bridgehead atoms. The van der Waals surface area contributed by atoms with Crippen molar-refractivity contribution in [3.05, 3.63) is 60.3 Å². The van der Waals surface area contributed by atoms with Crippen LogP contribution in [0.15, 0.2) is 59.7 Å². The zero-order valence-electron chi connectivity index (χ0n) is 17.9. The van der Waals surface area contributed by atoms with Gasteiger partial charge in [-0.15, -0.1) is 0 Å². The molecule has 1 N–H and O–H groups in total. The standard InChI is InChI=1S/C24H29N5O/c1-17-8-4-6-10-21(17)26-18(2)23-14-20(12-13-28(23)3)27-24(30)16-29-22-11-7-5-9-19(22)15-25-29/h4-11,15,20,23H,12-14,16H2,1-3H3,(H,27,30)/t20-,23?/m1/s1. The van der Waals surface area contributed by atoms with Gasteiger partial charge >= 0.3 is 0 Å². The molecule has 1 saturated heterocycles. The molecule has 0 aliphatic carbocycles. The number of nitrogens with zero attached hydrogens (tertiary/aromatic N) is 4. The number of amides is 1. The van der Waals surface area contributed by atoms with Gasteiger partial charge in [0.05, 0.1) is 17.4 Å². The molecular weight excluding hydrogens is 374 g/mol. The van der Waals surface area contributed by atoms with Gasteiger partial charge in [0.2, 0.25) is 5.91 Å². The summed E-state index contributed by atoms with van der Waals surface area (Å²) in [6, 6.07) is 16.5. The molecule has 0 saturated carbocycles. The Morgan fingerprint density at radius 2 is 1.97 bits per heavy atom. The lowest BCUT2D eigenvalue weighted by Crippen LogP contribution is -2.51. The van der Waals surface area contributed by atoms with E-state index in [2.05, 4.69) is 48.3 Å². The minimum Gasteiger partial charge on any atom is -0.352 e. The summed E-state index contributed by atoms with van der Waals surface area (Å²) in [7, 11) is 2.13. The van der Waals surface area contributed by atoms with Gasteiger partial charge in [0, 0.05) is 29.7 Å².